The minimum Gasteiger partial charge on any atom is -0.405 e. The van der Waals surface area contributed by atoms with Gasteiger partial charge in [0.2, 0.25) is 0 Å². The second-order valence-corrected chi connectivity index (χ2v) is 4.50. The van der Waals surface area contributed by atoms with Gasteiger partial charge in [-0.05, 0) is 23.1 Å². The third kappa shape index (κ3) is 9.22. The Bertz CT molecular complexity index is 255. The summed E-state index contributed by atoms with van der Waals surface area (Å²) in [5, 5.41) is 0.776. The lowest BCUT2D eigenvalue weighted by atomic mass is 10.5. The number of nitrogens with two attached hydrogens (primary N) is 1. The summed E-state index contributed by atoms with van der Waals surface area (Å²) in [4.78, 5) is 4.02. The van der Waals surface area contributed by atoms with E-state index in [4.69, 9.17) is 5.73 Å². The molecule has 0 aromatic heterocycles. The van der Waals surface area contributed by atoms with Crippen molar-refractivity contribution < 1.29 is 0 Å². The quantitative estimate of drug-likeness (QED) is 0.314. The lowest BCUT2D eigenvalue weighted by Gasteiger charge is -1.94. The molecule has 0 spiro atoms. The zero-order valence-electron chi connectivity index (χ0n) is 7.93. The first-order valence-electron chi connectivity index (χ1n) is 3.98. The summed E-state index contributed by atoms with van der Waals surface area (Å²) in [5.41, 5.74) is 5.16. The van der Waals surface area contributed by atoms with E-state index in [9.17, 15) is 0 Å². The van der Waals surface area contributed by atoms with Gasteiger partial charge in [0, 0.05) is 12.0 Å². The van der Waals surface area contributed by atoms with Gasteiger partial charge in [0.05, 0.1) is 5.03 Å². The van der Waals surface area contributed by atoms with Crippen molar-refractivity contribution in [2.75, 3.05) is 5.75 Å². The lowest BCUT2D eigenvalue weighted by Crippen LogP contribution is -1.73. The fourth-order valence-electron chi connectivity index (χ4n) is 0.497. The molecule has 0 aliphatic rings. The lowest BCUT2D eigenvalue weighted by molar-refractivity contribution is 1.58. The molecule has 0 heterocycles. The molecular weight excluding hydrogens is 212 g/mol. The van der Waals surface area contributed by atoms with Gasteiger partial charge >= 0.3 is 0 Å². The van der Waals surface area contributed by atoms with E-state index in [-0.39, 0.29) is 0 Å². The van der Waals surface area contributed by atoms with Gasteiger partial charge in [-0.2, -0.15) is 0 Å². The normalized spacial score (nSPS) is 11.7. The first-order chi connectivity index (χ1) is 6.81. The largest absolute Gasteiger partial charge is 0.405 e. The molecule has 4 heteroatoms. The van der Waals surface area contributed by atoms with Gasteiger partial charge in [-0.1, -0.05) is 42.2 Å². The van der Waals surface area contributed by atoms with E-state index in [1.807, 2.05) is 12.2 Å². The molecule has 0 bridgehead atoms. The van der Waals surface area contributed by atoms with Gasteiger partial charge in [0.1, 0.15) is 0 Å². The van der Waals surface area contributed by atoms with Gasteiger partial charge < -0.3 is 5.73 Å². The van der Waals surface area contributed by atoms with Crippen LogP contribution in [0.3, 0.4) is 0 Å². The topological polar surface area (TPSA) is 38.4 Å². The zero-order valence-corrected chi connectivity index (χ0v) is 9.56. The maximum atomic E-state index is 5.16. The fraction of sp³-hybridized carbons (Fsp3) is 0.100. The van der Waals surface area contributed by atoms with Gasteiger partial charge in [-0.15, -0.1) is 0 Å². The summed E-state index contributed by atoms with van der Waals surface area (Å²) < 4.78 is 0. The van der Waals surface area contributed by atoms with E-state index in [0.717, 1.165) is 10.8 Å². The Morgan fingerprint density at radius 2 is 2.21 bits per heavy atom. The molecule has 0 atom stereocenters. The van der Waals surface area contributed by atoms with Gasteiger partial charge in [0.15, 0.2) is 0 Å². The molecule has 0 saturated carbocycles. The molecule has 0 amide bonds. The minimum absolute atomic E-state index is 0.776. The highest BCUT2D eigenvalue weighted by molar-refractivity contribution is 8.78. The predicted octanol–water partition coefficient (Wildman–Crippen LogP) is 3.12. The first-order valence-corrected chi connectivity index (χ1v) is 6.30. The van der Waals surface area contributed by atoms with Crippen LogP contribution in [-0.2, 0) is 0 Å². The number of allylic oxidation sites excluding steroid dienone is 3. The SMILES string of the molecule is C=C/C=N\C(=C)SSC/C=C\C=C/N. The summed E-state index contributed by atoms with van der Waals surface area (Å²) in [6, 6.07) is 0. The van der Waals surface area contributed by atoms with Crippen molar-refractivity contribution in [3.05, 3.63) is 48.7 Å². The third-order valence-corrected chi connectivity index (χ3v) is 3.08. The van der Waals surface area contributed by atoms with Crippen molar-refractivity contribution in [2.45, 2.75) is 0 Å². The van der Waals surface area contributed by atoms with Gasteiger partial charge in [-0.3, -0.25) is 0 Å². The Labute approximate surface area is 93.1 Å². The van der Waals surface area contributed by atoms with Crippen LogP contribution in [0.15, 0.2) is 53.7 Å². The molecule has 0 rings (SSSR count). The Hall–Kier alpha value is -0.870. The Morgan fingerprint density at radius 3 is 2.86 bits per heavy atom. The molecule has 0 saturated heterocycles. The van der Waals surface area contributed by atoms with Crippen LogP contribution < -0.4 is 5.73 Å². The maximum Gasteiger partial charge on any atom is 0.0993 e. The van der Waals surface area contributed by atoms with Crippen LogP contribution in [0.4, 0.5) is 0 Å². The smallest absolute Gasteiger partial charge is 0.0993 e. The number of hydrogen-bond acceptors (Lipinski definition) is 4. The van der Waals surface area contributed by atoms with E-state index in [0.29, 0.717) is 0 Å². The highest BCUT2D eigenvalue weighted by atomic mass is 33.1. The second kappa shape index (κ2) is 10.2. The molecule has 2 N–H and O–H groups in total. The van der Waals surface area contributed by atoms with Crippen LogP contribution in [0.1, 0.15) is 0 Å². The van der Waals surface area contributed by atoms with Crippen molar-refractivity contribution >= 4 is 27.8 Å². The van der Waals surface area contributed by atoms with Crippen LogP contribution in [0, 0.1) is 0 Å². The Morgan fingerprint density at radius 1 is 1.43 bits per heavy atom. The molecule has 2 nitrogen and oxygen atoms in total. The predicted molar refractivity (Wildman–Crippen MR) is 70.3 cm³/mol. The molecule has 14 heavy (non-hydrogen) atoms. The van der Waals surface area contributed by atoms with Crippen molar-refractivity contribution in [1.29, 1.82) is 0 Å². The standard InChI is InChI=1S/C10H14N2S2/c1-3-8-12-10(2)14-13-9-6-4-5-7-11/h3-8H,1-2,9,11H2/b6-4-,7-5-,12-8-. The molecular formula is C10H14N2S2. The van der Waals surface area contributed by atoms with Crippen molar-refractivity contribution in [1.82, 2.24) is 0 Å². The van der Waals surface area contributed by atoms with Crippen LogP contribution in [0.2, 0.25) is 0 Å². The minimum atomic E-state index is 0.776. The average Bonchev–Trinajstić information content (AvgIpc) is 2.20. The highest BCUT2D eigenvalue weighted by Crippen LogP contribution is 2.29. The number of nitrogens with zero attached hydrogens (tertiary/aromatic N) is 1. The van der Waals surface area contributed by atoms with Gasteiger partial charge in [0.25, 0.3) is 0 Å². The van der Waals surface area contributed by atoms with E-state index in [1.54, 1.807) is 40.0 Å². The maximum absolute atomic E-state index is 5.16. The van der Waals surface area contributed by atoms with Gasteiger partial charge in [-0.25, -0.2) is 4.99 Å². The first kappa shape index (κ1) is 13.1. The number of aliphatic imine (C=N–C) groups is 1. The summed E-state index contributed by atoms with van der Waals surface area (Å²) >= 11 is 0. The van der Waals surface area contributed by atoms with Crippen LogP contribution in [-0.4, -0.2) is 12.0 Å². The van der Waals surface area contributed by atoms with Crippen LogP contribution in [0.25, 0.3) is 0 Å². The third-order valence-electron chi connectivity index (χ3n) is 1.00. The summed E-state index contributed by atoms with van der Waals surface area (Å²) in [5.74, 6) is 0.900. The molecule has 0 radical (unpaired) electrons. The van der Waals surface area contributed by atoms with E-state index in [1.165, 1.54) is 6.20 Å². The molecule has 76 valence electrons. The number of rotatable bonds is 7. The number of hydrogen-bond donors (Lipinski definition) is 1. The van der Waals surface area contributed by atoms with E-state index < -0.39 is 0 Å². The fourth-order valence-corrected chi connectivity index (χ4v) is 1.97. The second-order valence-electron chi connectivity index (χ2n) is 2.09. The molecule has 0 fully saturated rings. The summed E-state index contributed by atoms with van der Waals surface area (Å²) in [6.45, 7) is 7.29. The molecule has 0 unspecified atom stereocenters. The molecule has 0 aliphatic carbocycles. The zero-order chi connectivity index (χ0) is 10.6. The molecule has 0 aliphatic heterocycles. The van der Waals surface area contributed by atoms with Crippen molar-refractivity contribution in [3.63, 3.8) is 0 Å². The Kier molecular flexibility index (Phi) is 9.58. The summed E-state index contributed by atoms with van der Waals surface area (Å²) in [7, 11) is 3.21. The van der Waals surface area contributed by atoms with Crippen LogP contribution in [0.5, 0.6) is 0 Å². The van der Waals surface area contributed by atoms with Crippen molar-refractivity contribution in [2.24, 2.45) is 10.7 Å². The van der Waals surface area contributed by atoms with E-state index >= 15 is 0 Å². The molecule has 0 aromatic carbocycles. The monoisotopic (exact) mass is 226 g/mol. The average molecular weight is 226 g/mol. The molecule has 0 aromatic rings. The highest BCUT2D eigenvalue weighted by Gasteiger charge is 1.89. The van der Waals surface area contributed by atoms with E-state index in [2.05, 4.69) is 18.2 Å². The van der Waals surface area contributed by atoms with Crippen LogP contribution >= 0.6 is 21.6 Å². The van der Waals surface area contributed by atoms with Crippen molar-refractivity contribution in [3.8, 4) is 0 Å². The Balaban J connectivity index is 3.49. The summed E-state index contributed by atoms with van der Waals surface area (Å²) in [6.07, 6.45) is 10.5.